The van der Waals surface area contributed by atoms with E-state index in [-0.39, 0.29) is 10.5 Å². The fraction of sp³-hybridized carbons (Fsp3) is 0.562. The first kappa shape index (κ1) is 18.3. The van der Waals surface area contributed by atoms with Crippen molar-refractivity contribution in [3.8, 4) is 0 Å². The summed E-state index contributed by atoms with van der Waals surface area (Å²) in [4.78, 5) is 11.6. The largest absolute Gasteiger partial charge is 0.451 e. The standard InChI is InChI=1S/C16H22O5S2/c17-16(14-6-8-15(9-7-14)23(18,19)20)21-12-22-11-10-13-4-2-1-3-5-13/h6-9,13H,1-5,10-12H2,(H,18,19,20). The second-order valence-corrected chi connectivity index (χ2v) is 8.22. The second-order valence-electron chi connectivity index (χ2n) is 5.75. The van der Waals surface area contributed by atoms with Gasteiger partial charge in [0.05, 0.1) is 10.5 Å². The van der Waals surface area contributed by atoms with Crippen molar-refractivity contribution in [2.24, 2.45) is 5.92 Å². The molecule has 1 aromatic rings. The van der Waals surface area contributed by atoms with E-state index in [4.69, 9.17) is 9.29 Å². The van der Waals surface area contributed by atoms with Crippen LogP contribution in [0.5, 0.6) is 0 Å². The number of benzene rings is 1. The predicted octanol–water partition coefficient (Wildman–Crippen LogP) is 3.75. The fourth-order valence-corrected chi connectivity index (χ4v) is 4.01. The molecule has 0 aromatic heterocycles. The third kappa shape index (κ3) is 6.16. The van der Waals surface area contributed by atoms with Gasteiger partial charge in [-0.1, -0.05) is 32.1 Å². The molecule has 1 aliphatic carbocycles. The number of carbonyl (C=O) groups is 1. The summed E-state index contributed by atoms with van der Waals surface area (Å²) in [6.45, 7) is 0. The molecule has 7 heteroatoms. The van der Waals surface area contributed by atoms with E-state index < -0.39 is 16.1 Å². The molecule has 0 saturated heterocycles. The first-order chi connectivity index (χ1) is 11.0. The number of rotatable bonds is 7. The summed E-state index contributed by atoms with van der Waals surface area (Å²) < 4.78 is 35.9. The van der Waals surface area contributed by atoms with E-state index >= 15 is 0 Å². The molecule has 128 valence electrons. The molecule has 0 radical (unpaired) electrons. The average Bonchev–Trinajstić information content (AvgIpc) is 2.54. The van der Waals surface area contributed by atoms with E-state index in [1.54, 1.807) is 11.8 Å². The molecule has 0 spiro atoms. The zero-order valence-corrected chi connectivity index (χ0v) is 14.6. The average molecular weight is 358 g/mol. The predicted molar refractivity (Wildman–Crippen MR) is 90.2 cm³/mol. The van der Waals surface area contributed by atoms with E-state index in [9.17, 15) is 13.2 Å². The lowest BCUT2D eigenvalue weighted by molar-refractivity contribution is 0.0579. The Labute approximate surface area is 141 Å². The summed E-state index contributed by atoms with van der Waals surface area (Å²) >= 11 is 1.60. The van der Waals surface area contributed by atoms with Crippen LogP contribution < -0.4 is 0 Å². The Morgan fingerprint density at radius 2 is 1.83 bits per heavy atom. The fourth-order valence-electron chi connectivity index (χ4n) is 2.73. The van der Waals surface area contributed by atoms with Crippen molar-refractivity contribution in [3.63, 3.8) is 0 Å². The van der Waals surface area contributed by atoms with Crippen LogP contribution in [0.25, 0.3) is 0 Å². The molecule has 1 aliphatic rings. The highest BCUT2D eigenvalue weighted by Crippen LogP contribution is 2.27. The van der Waals surface area contributed by atoms with E-state index in [0.29, 0.717) is 5.94 Å². The van der Waals surface area contributed by atoms with E-state index in [1.807, 2.05) is 0 Å². The van der Waals surface area contributed by atoms with Crippen LogP contribution in [0.3, 0.4) is 0 Å². The highest BCUT2D eigenvalue weighted by Gasteiger charge is 2.14. The van der Waals surface area contributed by atoms with Gasteiger partial charge in [0.1, 0.15) is 5.94 Å². The quantitative estimate of drug-likeness (QED) is 0.346. The van der Waals surface area contributed by atoms with Crippen molar-refractivity contribution in [2.45, 2.75) is 43.4 Å². The van der Waals surface area contributed by atoms with Crippen LogP contribution in [-0.2, 0) is 14.9 Å². The topological polar surface area (TPSA) is 80.7 Å². The smallest absolute Gasteiger partial charge is 0.338 e. The maximum atomic E-state index is 11.8. The number of carbonyl (C=O) groups excluding carboxylic acids is 1. The summed E-state index contributed by atoms with van der Waals surface area (Å²) in [6.07, 6.45) is 7.84. The molecular formula is C16H22O5S2. The van der Waals surface area contributed by atoms with Crippen molar-refractivity contribution in [2.75, 3.05) is 11.7 Å². The molecular weight excluding hydrogens is 336 g/mol. The van der Waals surface area contributed by atoms with Gasteiger partial charge in [0.2, 0.25) is 0 Å². The van der Waals surface area contributed by atoms with Crippen LogP contribution in [0.15, 0.2) is 29.2 Å². The highest BCUT2D eigenvalue weighted by molar-refractivity contribution is 7.99. The number of hydrogen-bond acceptors (Lipinski definition) is 5. The zero-order valence-electron chi connectivity index (χ0n) is 12.9. The second kappa shape index (κ2) is 8.70. The summed E-state index contributed by atoms with van der Waals surface area (Å²) in [7, 11) is -4.24. The van der Waals surface area contributed by atoms with Gasteiger partial charge in [-0.05, 0) is 42.4 Å². The number of ether oxygens (including phenoxy) is 1. The Hall–Kier alpha value is -1.05. The van der Waals surface area contributed by atoms with Gasteiger partial charge in [-0.3, -0.25) is 4.55 Å². The van der Waals surface area contributed by atoms with Crippen LogP contribution in [0.4, 0.5) is 0 Å². The van der Waals surface area contributed by atoms with Crippen molar-refractivity contribution < 1.29 is 22.5 Å². The summed E-state index contributed by atoms with van der Waals surface area (Å²) in [5.74, 6) is 1.61. The van der Waals surface area contributed by atoms with Crippen molar-refractivity contribution in [1.29, 1.82) is 0 Å². The molecule has 1 saturated carbocycles. The van der Waals surface area contributed by atoms with Gasteiger partial charge in [-0.25, -0.2) is 4.79 Å². The minimum Gasteiger partial charge on any atom is -0.451 e. The molecule has 0 atom stereocenters. The first-order valence-corrected chi connectivity index (χ1v) is 10.4. The molecule has 23 heavy (non-hydrogen) atoms. The normalized spacial score (nSPS) is 16.2. The van der Waals surface area contributed by atoms with Crippen LogP contribution >= 0.6 is 11.8 Å². The van der Waals surface area contributed by atoms with Crippen molar-refractivity contribution in [1.82, 2.24) is 0 Å². The van der Waals surface area contributed by atoms with Crippen LogP contribution in [0.1, 0.15) is 48.9 Å². The number of esters is 1. The van der Waals surface area contributed by atoms with Gasteiger partial charge in [0, 0.05) is 0 Å². The minimum atomic E-state index is -4.24. The lowest BCUT2D eigenvalue weighted by Crippen LogP contribution is -2.08. The SMILES string of the molecule is O=C(OCSCCC1CCCCC1)c1ccc(S(=O)(=O)O)cc1. The maximum absolute atomic E-state index is 11.8. The molecule has 0 bridgehead atoms. The monoisotopic (exact) mass is 358 g/mol. The molecule has 1 N–H and O–H groups in total. The lowest BCUT2D eigenvalue weighted by Gasteiger charge is -2.20. The lowest BCUT2D eigenvalue weighted by atomic mass is 9.88. The van der Waals surface area contributed by atoms with Gasteiger partial charge in [0.15, 0.2) is 0 Å². The van der Waals surface area contributed by atoms with Crippen LogP contribution in [0.2, 0.25) is 0 Å². The summed E-state index contributed by atoms with van der Waals surface area (Å²) in [5, 5.41) is 0. The first-order valence-electron chi connectivity index (χ1n) is 7.79. The summed E-state index contributed by atoms with van der Waals surface area (Å²) in [5.41, 5.74) is 0.269. The van der Waals surface area contributed by atoms with Gasteiger partial charge in [-0.15, -0.1) is 11.8 Å². The van der Waals surface area contributed by atoms with Crippen molar-refractivity contribution >= 4 is 27.8 Å². The zero-order chi connectivity index (χ0) is 16.7. The molecule has 1 aromatic carbocycles. The van der Waals surface area contributed by atoms with E-state index in [1.165, 1.54) is 62.8 Å². The molecule has 0 amide bonds. The Bertz CT molecular complexity index is 604. The minimum absolute atomic E-state index is 0.240. The van der Waals surface area contributed by atoms with Crippen molar-refractivity contribution in [3.05, 3.63) is 29.8 Å². The van der Waals surface area contributed by atoms with Gasteiger partial charge >= 0.3 is 5.97 Å². The maximum Gasteiger partial charge on any atom is 0.338 e. The third-order valence-electron chi connectivity index (χ3n) is 4.06. The van der Waals surface area contributed by atoms with Gasteiger partial charge < -0.3 is 4.74 Å². The summed E-state index contributed by atoms with van der Waals surface area (Å²) in [6, 6.07) is 5.03. The molecule has 2 rings (SSSR count). The Kier molecular flexibility index (Phi) is 6.92. The Balaban J connectivity index is 1.68. The molecule has 0 unspecified atom stereocenters. The number of thioether (sulfide) groups is 1. The molecule has 1 fully saturated rings. The van der Waals surface area contributed by atoms with Crippen LogP contribution in [0, 0.1) is 5.92 Å². The highest BCUT2D eigenvalue weighted by atomic mass is 32.2. The third-order valence-corrected chi connectivity index (χ3v) is 5.73. The number of hydrogen-bond donors (Lipinski definition) is 1. The molecule has 0 heterocycles. The van der Waals surface area contributed by atoms with E-state index in [0.717, 1.165) is 11.7 Å². The van der Waals surface area contributed by atoms with Gasteiger partial charge in [0.25, 0.3) is 10.1 Å². The van der Waals surface area contributed by atoms with E-state index in [2.05, 4.69) is 0 Å². The molecule has 0 aliphatic heterocycles. The Morgan fingerprint density at radius 1 is 1.17 bits per heavy atom. The molecule has 5 nitrogen and oxygen atoms in total. The Morgan fingerprint density at radius 3 is 2.43 bits per heavy atom. The van der Waals surface area contributed by atoms with Gasteiger partial charge in [-0.2, -0.15) is 8.42 Å². The van der Waals surface area contributed by atoms with Crippen LogP contribution in [-0.4, -0.2) is 30.6 Å².